The molecule has 0 amide bonds. The maximum Gasteiger partial charge on any atom is 0.0721 e. The largest absolute Gasteiger partial charge is 0.380 e. The Balaban J connectivity index is 3.58. The van der Waals surface area contributed by atoms with Gasteiger partial charge in [-0.3, -0.25) is 0 Å². The van der Waals surface area contributed by atoms with E-state index in [0.29, 0.717) is 12.1 Å². The maximum absolute atomic E-state index is 5.57. The van der Waals surface area contributed by atoms with Crippen LogP contribution in [0.4, 0.5) is 0 Å². The molecule has 1 N–H and O–H groups in total. The molecule has 0 spiro atoms. The first-order valence-corrected chi connectivity index (χ1v) is 8.56. The number of ether oxygens (including phenoxy) is 1. The number of unbranched alkanes of at least 4 members (excludes halogenated alkanes) is 7. The predicted molar refractivity (Wildman–Crippen MR) is 85.8 cm³/mol. The minimum atomic E-state index is 0.379. The first kappa shape index (κ1) is 18.9. The molecule has 2 unspecified atom stereocenters. The van der Waals surface area contributed by atoms with E-state index < -0.39 is 0 Å². The van der Waals surface area contributed by atoms with E-state index in [4.69, 9.17) is 4.74 Å². The van der Waals surface area contributed by atoms with Gasteiger partial charge >= 0.3 is 0 Å². The van der Waals surface area contributed by atoms with Gasteiger partial charge in [0.15, 0.2) is 0 Å². The molecule has 2 atom stereocenters. The molecule has 0 aliphatic heterocycles. The van der Waals surface area contributed by atoms with Crippen molar-refractivity contribution in [1.29, 1.82) is 0 Å². The van der Waals surface area contributed by atoms with Crippen molar-refractivity contribution in [3.8, 4) is 0 Å². The summed E-state index contributed by atoms with van der Waals surface area (Å²) in [6, 6.07) is 0.542. The first-order valence-electron chi connectivity index (χ1n) is 8.56. The van der Waals surface area contributed by atoms with Gasteiger partial charge in [-0.1, -0.05) is 72.1 Å². The zero-order valence-electron chi connectivity index (χ0n) is 13.8. The quantitative estimate of drug-likeness (QED) is 0.453. The summed E-state index contributed by atoms with van der Waals surface area (Å²) in [6.45, 7) is 7.72. The third-order valence-electron chi connectivity index (χ3n) is 3.99. The molecule has 0 bridgehead atoms. The van der Waals surface area contributed by atoms with Gasteiger partial charge in [-0.25, -0.2) is 0 Å². The molecule has 0 rings (SSSR count). The summed E-state index contributed by atoms with van der Waals surface area (Å²) in [4.78, 5) is 0. The highest BCUT2D eigenvalue weighted by Crippen LogP contribution is 2.14. The van der Waals surface area contributed by atoms with Gasteiger partial charge in [0.1, 0.15) is 0 Å². The lowest BCUT2D eigenvalue weighted by atomic mass is 10.00. The van der Waals surface area contributed by atoms with Crippen molar-refractivity contribution in [2.75, 3.05) is 13.7 Å². The first-order chi connectivity index (χ1) is 9.29. The Labute approximate surface area is 121 Å². The van der Waals surface area contributed by atoms with Crippen molar-refractivity contribution in [3.05, 3.63) is 0 Å². The van der Waals surface area contributed by atoms with Gasteiger partial charge in [0.2, 0.25) is 0 Å². The van der Waals surface area contributed by atoms with Crippen molar-refractivity contribution in [1.82, 2.24) is 5.32 Å². The monoisotopic (exact) mass is 271 g/mol. The summed E-state index contributed by atoms with van der Waals surface area (Å²) in [6.07, 6.45) is 13.9. The predicted octanol–water partition coefficient (Wildman–Crippen LogP) is 4.92. The van der Waals surface area contributed by atoms with Gasteiger partial charge in [-0.15, -0.1) is 0 Å². The van der Waals surface area contributed by atoms with E-state index >= 15 is 0 Å². The van der Waals surface area contributed by atoms with E-state index in [1.165, 1.54) is 57.8 Å². The molecular formula is C17H37NO. The Kier molecular flexibility index (Phi) is 14.3. The van der Waals surface area contributed by atoms with Crippen LogP contribution in [0.2, 0.25) is 0 Å². The van der Waals surface area contributed by atoms with Crippen LogP contribution in [0.25, 0.3) is 0 Å². The van der Waals surface area contributed by atoms with Crippen LogP contribution >= 0.6 is 0 Å². The van der Waals surface area contributed by atoms with Gasteiger partial charge in [-0.05, 0) is 19.4 Å². The summed E-state index contributed by atoms with van der Waals surface area (Å²) < 4.78 is 5.57. The maximum atomic E-state index is 5.57. The van der Waals surface area contributed by atoms with E-state index in [9.17, 15) is 0 Å². The van der Waals surface area contributed by atoms with E-state index in [0.717, 1.165) is 13.0 Å². The van der Waals surface area contributed by atoms with Crippen LogP contribution in [0.5, 0.6) is 0 Å². The molecule has 0 radical (unpaired) electrons. The van der Waals surface area contributed by atoms with Crippen molar-refractivity contribution >= 4 is 0 Å². The van der Waals surface area contributed by atoms with Crippen LogP contribution in [0.15, 0.2) is 0 Å². The third-order valence-corrected chi connectivity index (χ3v) is 3.99. The van der Waals surface area contributed by atoms with Crippen molar-refractivity contribution in [2.45, 2.75) is 97.1 Å². The minimum Gasteiger partial charge on any atom is -0.380 e. The highest BCUT2D eigenvalue weighted by molar-refractivity contribution is 4.75. The summed E-state index contributed by atoms with van der Waals surface area (Å²) in [7, 11) is 1.84. The van der Waals surface area contributed by atoms with E-state index in [1.54, 1.807) is 0 Å². The fourth-order valence-electron chi connectivity index (χ4n) is 2.80. The molecule has 0 aliphatic rings. The average molecular weight is 271 g/mol. The van der Waals surface area contributed by atoms with E-state index in [1.807, 2.05) is 7.11 Å². The Morgan fingerprint density at radius 3 is 1.89 bits per heavy atom. The second kappa shape index (κ2) is 14.3. The lowest BCUT2D eigenvalue weighted by molar-refractivity contribution is 0.0621. The molecule has 0 fully saturated rings. The Bertz CT molecular complexity index is 169. The van der Waals surface area contributed by atoms with Crippen LogP contribution in [-0.4, -0.2) is 25.8 Å². The SMILES string of the molecule is CCCCCCCCCCC(NCC)C(CC)OC. The zero-order valence-corrected chi connectivity index (χ0v) is 13.8. The van der Waals surface area contributed by atoms with Crippen LogP contribution in [-0.2, 0) is 4.74 Å². The standard InChI is InChI=1S/C17H37NO/c1-5-8-9-10-11-12-13-14-15-16(18-7-3)17(6-2)19-4/h16-18H,5-15H2,1-4H3. The second-order valence-corrected chi connectivity index (χ2v) is 5.61. The Hall–Kier alpha value is -0.0800. The summed E-state index contributed by atoms with van der Waals surface area (Å²) in [5.74, 6) is 0. The third kappa shape index (κ3) is 10.4. The number of hydrogen-bond acceptors (Lipinski definition) is 2. The number of nitrogens with one attached hydrogen (secondary N) is 1. The number of hydrogen-bond donors (Lipinski definition) is 1. The molecule has 2 nitrogen and oxygen atoms in total. The molecule has 0 aromatic rings. The fraction of sp³-hybridized carbons (Fsp3) is 1.00. The Morgan fingerprint density at radius 1 is 0.842 bits per heavy atom. The Morgan fingerprint density at radius 2 is 1.42 bits per heavy atom. The summed E-state index contributed by atoms with van der Waals surface area (Å²) in [5, 5.41) is 3.58. The molecule has 19 heavy (non-hydrogen) atoms. The smallest absolute Gasteiger partial charge is 0.0721 e. The van der Waals surface area contributed by atoms with Crippen molar-refractivity contribution in [2.24, 2.45) is 0 Å². The number of methoxy groups -OCH3 is 1. The highest BCUT2D eigenvalue weighted by Gasteiger charge is 2.17. The lowest BCUT2D eigenvalue weighted by Crippen LogP contribution is -2.40. The highest BCUT2D eigenvalue weighted by atomic mass is 16.5. The molecule has 0 heterocycles. The van der Waals surface area contributed by atoms with Gasteiger partial charge in [0.25, 0.3) is 0 Å². The molecule has 0 aromatic heterocycles. The lowest BCUT2D eigenvalue weighted by Gasteiger charge is -2.25. The topological polar surface area (TPSA) is 21.3 Å². The molecule has 0 aromatic carbocycles. The number of likely N-dealkylation sites (N-methyl/N-ethyl adjacent to an activating group) is 1. The van der Waals surface area contributed by atoms with Gasteiger partial charge in [-0.2, -0.15) is 0 Å². The van der Waals surface area contributed by atoms with Gasteiger partial charge in [0, 0.05) is 13.2 Å². The molecule has 0 saturated heterocycles. The fourth-order valence-corrected chi connectivity index (χ4v) is 2.80. The zero-order chi connectivity index (χ0) is 14.3. The van der Waals surface area contributed by atoms with Crippen molar-refractivity contribution < 1.29 is 4.74 Å². The van der Waals surface area contributed by atoms with Crippen LogP contribution in [0.3, 0.4) is 0 Å². The average Bonchev–Trinajstić information content (AvgIpc) is 2.43. The number of rotatable bonds is 14. The molecule has 0 saturated carbocycles. The summed E-state index contributed by atoms with van der Waals surface area (Å²) in [5.41, 5.74) is 0. The molecule has 116 valence electrons. The molecule has 2 heteroatoms. The van der Waals surface area contributed by atoms with Crippen LogP contribution in [0.1, 0.15) is 85.0 Å². The van der Waals surface area contributed by atoms with Crippen LogP contribution < -0.4 is 5.32 Å². The van der Waals surface area contributed by atoms with E-state index in [2.05, 4.69) is 26.1 Å². The normalized spacial score (nSPS) is 14.5. The summed E-state index contributed by atoms with van der Waals surface area (Å²) >= 11 is 0. The van der Waals surface area contributed by atoms with Gasteiger partial charge < -0.3 is 10.1 Å². The minimum absolute atomic E-state index is 0.379. The molecular weight excluding hydrogens is 234 g/mol. The van der Waals surface area contributed by atoms with Gasteiger partial charge in [0.05, 0.1) is 6.10 Å². The molecule has 0 aliphatic carbocycles. The van der Waals surface area contributed by atoms with E-state index in [-0.39, 0.29) is 0 Å². The second-order valence-electron chi connectivity index (χ2n) is 5.61. The van der Waals surface area contributed by atoms with Crippen molar-refractivity contribution in [3.63, 3.8) is 0 Å². The van der Waals surface area contributed by atoms with Crippen LogP contribution in [0, 0.1) is 0 Å².